The first-order valence-electron chi connectivity index (χ1n) is 8.51. The van der Waals surface area contributed by atoms with Gasteiger partial charge in [-0.3, -0.25) is 14.0 Å². The van der Waals surface area contributed by atoms with Crippen LogP contribution in [0.4, 0.5) is 0 Å². The van der Waals surface area contributed by atoms with Gasteiger partial charge in [-0.25, -0.2) is 4.98 Å². The van der Waals surface area contributed by atoms with Gasteiger partial charge in [-0.15, -0.1) is 0 Å². The van der Waals surface area contributed by atoms with E-state index in [0.717, 1.165) is 16.7 Å². The van der Waals surface area contributed by atoms with E-state index in [1.807, 2.05) is 72.3 Å². The van der Waals surface area contributed by atoms with Gasteiger partial charge in [0.15, 0.2) is 0 Å². The monoisotopic (exact) mass is 345 g/mol. The molecule has 0 fully saturated rings. The van der Waals surface area contributed by atoms with Crippen LogP contribution in [-0.2, 0) is 6.54 Å². The lowest BCUT2D eigenvalue weighted by Crippen LogP contribution is -2.35. The molecule has 6 heteroatoms. The van der Waals surface area contributed by atoms with Crippen molar-refractivity contribution < 1.29 is 4.79 Å². The van der Waals surface area contributed by atoms with Crippen molar-refractivity contribution in [2.24, 2.45) is 0 Å². The summed E-state index contributed by atoms with van der Waals surface area (Å²) in [5.41, 5.74) is 3.59. The number of aromatic nitrogens is 4. The number of fused-ring (bicyclic) bond motifs is 1. The zero-order chi connectivity index (χ0) is 17.9. The molecule has 0 unspecified atom stereocenters. The van der Waals surface area contributed by atoms with E-state index in [-0.39, 0.29) is 11.9 Å². The van der Waals surface area contributed by atoms with Crippen LogP contribution in [0, 0.1) is 0 Å². The maximum Gasteiger partial charge on any atom is 0.251 e. The van der Waals surface area contributed by atoms with Crippen molar-refractivity contribution in [1.29, 1.82) is 0 Å². The smallest absolute Gasteiger partial charge is 0.251 e. The van der Waals surface area contributed by atoms with Gasteiger partial charge in [0.25, 0.3) is 5.91 Å². The van der Waals surface area contributed by atoms with Crippen LogP contribution in [0.15, 0.2) is 73.3 Å². The summed E-state index contributed by atoms with van der Waals surface area (Å²) in [5.74, 6) is -0.0910. The normalized spacial score (nSPS) is 12.2. The number of nitrogens with zero attached hydrogens (tertiary/aromatic N) is 4. The average Bonchev–Trinajstić information content (AvgIpc) is 3.31. The Hall–Kier alpha value is -3.41. The predicted molar refractivity (Wildman–Crippen MR) is 100 cm³/mol. The Morgan fingerprint density at radius 3 is 2.69 bits per heavy atom. The summed E-state index contributed by atoms with van der Waals surface area (Å²) >= 11 is 0. The third-order valence-electron chi connectivity index (χ3n) is 4.26. The third-order valence-corrected chi connectivity index (χ3v) is 4.26. The number of para-hydroxylation sites is 2. The number of hydrogen-bond acceptors (Lipinski definition) is 3. The lowest BCUT2D eigenvalue weighted by Gasteiger charge is -2.14. The van der Waals surface area contributed by atoms with E-state index in [9.17, 15) is 4.79 Å². The molecule has 26 heavy (non-hydrogen) atoms. The summed E-state index contributed by atoms with van der Waals surface area (Å²) in [7, 11) is 0. The highest BCUT2D eigenvalue weighted by atomic mass is 16.1. The SMILES string of the molecule is C[C@@H](Cn1cccn1)NC(=O)c1ccc(-n2cnc3ccccc32)cc1. The number of rotatable bonds is 5. The summed E-state index contributed by atoms with van der Waals surface area (Å²) < 4.78 is 3.82. The van der Waals surface area contributed by atoms with E-state index in [2.05, 4.69) is 15.4 Å². The van der Waals surface area contributed by atoms with E-state index in [1.54, 1.807) is 17.2 Å². The molecule has 0 saturated heterocycles. The van der Waals surface area contributed by atoms with E-state index in [4.69, 9.17) is 0 Å². The van der Waals surface area contributed by atoms with Crippen LogP contribution in [0.2, 0.25) is 0 Å². The van der Waals surface area contributed by atoms with E-state index >= 15 is 0 Å². The first-order chi connectivity index (χ1) is 12.7. The largest absolute Gasteiger partial charge is 0.348 e. The summed E-state index contributed by atoms with van der Waals surface area (Å²) in [6, 6.07) is 17.4. The molecule has 1 amide bonds. The number of imidazole rings is 1. The highest BCUT2D eigenvalue weighted by Gasteiger charge is 2.11. The minimum atomic E-state index is -0.0910. The molecule has 2 aromatic carbocycles. The van der Waals surface area contributed by atoms with Gasteiger partial charge in [0.1, 0.15) is 6.33 Å². The molecule has 2 heterocycles. The molecular weight excluding hydrogens is 326 g/mol. The highest BCUT2D eigenvalue weighted by molar-refractivity contribution is 5.94. The van der Waals surface area contributed by atoms with Crippen molar-refractivity contribution in [2.45, 2.75) is 19.5 Å². The average molecular weight is 345 g/mol. The van der Waals surface area contributed by atoms with Gasteiger partial charge < -0.3 is 5.32 Å². The Morgan fingerprint density at radius 2 is 1.92 bits per heavy atom. The molecule has 2 aromatic heterocycles. The minimum absolute atomic E-state index is 0.0142. The molecule has 1 atom stereocenters. The van der Waals surface area contributed by atoms with Crippen molar-refractivity contribution in [3.63, 3.8) is 0 Å². The first-order valence-corrected chi connectivity index (χ1v) is 8.51. The Labute approximate surface area is 151 Å². The van der Waals surface area contributed by atoms with Crippen molar-refractivity contribution in [2.75, 3.05) is 0 Å². The van der Waals surface area contributed by atoms with Gasteiger partial charge >= 0.3 is 0 Å². The van der Waals surface area contributed by atoms with Crippen LogP contribution in [0.1, 0.15) is 17.3 Å². The summed E-state index contributed by atoms with van der Waals surface area (Å²) in [4.78, 5) is 16.8. The lowest BCUT2D eigenvalue weighted by molar-refractivity contribution is 0.0936. The number of benzene rings is 2. The van der Waals surface area contributed by atoms with Crippen molar-refractivity contribution in [3.05, 3.63) is 78.9 Å². The quantitative estimate of drug-likeness (QED) is 0.605. The van der Waals surface area contributed by atoms with Crippen molar-refractivity contribution >= 4 is 16.9 Å². The molecule has 0 saturated carbocycles. The van der Waals surface area contributed by atoms with Gasteiger partial charge in [0.05, 0.1) is 17.6 Å². The number of nitrogens with one attached hydrogen (secondary N) is 1. The molecule has 0 aliphatic heterocycles. The van der Waals surface area contributed by atoms with Crippen LogP contribution in [0.5, 0.6) is 0 Å². The Kier molecular flexibility index (Phi) is 4.23. The second-order valence-electron chi connectivity index (χ2n) is 6.25. The second-order valence-corrected chi connectivity index (χ2v) is 6.25. The molecule has 6 nitrogen and oxygen atoms in total. The molecule has 0 bridgehead atoms. The third kappa shape index (κ3) is 3.21. The van der Waals surface area contributed by atoms with E-state index in [0.29, 0.717) is 12.1 Å². The number of hydrogen-bond donors (Lipinski definition) is 1. The first kappa shape index (κ1) is 16.1. The maximum atomic E-state index is 12.4. The summed E-state index contributed by atoms with van der Waals surface area (Å²) in [5, 5.41) is 7.16. The molecule has 0 aliphatic rings. The summed E-state index contributed by atoms with van der Waals surface area (Å²) in [6.07, 6.45) is 5.41. The van der Waals surface area contributed by atoms with E-state index in [1.165, 1.54) is 0 Å². The van der Waals surface area contributed by atoms with Crippen LogP contribution in [0.25, 0.3) is 16.7 Å². The molecule has 0 aliphatic carbocycles. The molecular formula is C20H19N5O. The van der Waals surface area contributed by atoms with Gasteiger partial charge in [-0.2, -0.15) is 5.10 Å². The number of carbonyl (C=O) groups excluding carboxylic acids is 1. The van der Waals surface area contributed by atoms with Gasteiger partial charge in [0, 0.05) is 29.7 Å². The molecule has 130 valence electrons. The number of carbonyl (C=O) groups is 1. The fraction of sp³-hybridized carbons (Fsp3) is 0.150. The van der Waals surface area contributed by atoms with Crippen LogP contribution in [-0.4, -0.2) is 31.3 Å². The molecule has 0 spiro atoms. The standard InChI is InChI=1S/C20H19N5O/c1-15(13-24-12-4-11-22-24)23-20(26)16-7-9-17(10-8-16)25-14-21-18-5-2-3-6-19(18)25/h2-12,14-15H,13H2,1H3,(H,23,26)/t15-/m0/s1. The van der Waals surface area contributed by atoms with Crippen molar-refractivity contribution in [3.8, 4) is 5.69 Å². The maximum absolute atomic E-state index is 12.4. The zero-order valence-corrected chi connectivity index (χ0v) is 14.4. The van der Waals surface area contributed by atoms with Crippen LogP contribution >= 0.6 is 0 Å². The zero-order valence-electron chi connectivity index (χ0n) is 14.4. The fourth-order valence-electron chi connectivity index (χ4n) is 2.98. The van der Waals surface area contributed by atoms with Crippen LogP contribution < -0.4 is 5.32 Å². The predicted octanol–water partition coefficient (Wildman–Crippen LogP) is 3.04. The van der Waals surface area contributed by atoms with Crippen molar-refractivity contribution in [1.82, 2.24) is 24.6 Å². The molecule has 0 radical (unpaired) electrons. The lowest BCUT2D eigenvalue weighted by atomic mass is 10.1. The van der Waals surface area contributed by atoms with Gasteiger partial charge in [-0.05, 0) is 49.4 Å². The van der Waals surface area contributed by atoms with Gasteiger partial charge in [-0.1, -0.05) is 12.1 Å². The van der Waals surface area contributed by atoms with Gasteiger partial charge in [0.2, 0.25) is 0 Å². The fourth-order valence-corrected chi connectivity index (χ4v) is 2.98. The minimum Gasteiger partial charge on any atom is -0.348 e. The Bertz CT molecular complexity index is 1020. The van der Waals surface area contributed by atoms with E-state index < -0.39 is 0 Å². The molecule has 4 aromatic rings. The molecule has 4 rings (SSSR count). The molecule has 1 N–H and O–H groups in total. The Morgan fingerprint density at radius 1 is 1.12 bits per heavy atom. The van der Waals surface area contributed by atoms with Crippen LogP contribution in [0.3, 0.4) is 0 Å². The highest BCUT2D eigenvalue weighted by Crippen LogP contribution is 2.18. The summed E-state index contributed by atoms with van der Waals surface area (Å²) in [6.45, 7) is 2.60. The second kappa shape index (κ2) is 6.84. The number of amides is 1. The topological polar surface area (TPSA) is 64.7 Å². The Balaban J connectivity index is 1.48.